The SMILES string of the molecule is Cc1nc(NCC(F)(F)F)nc(N[C@@H]2C[C@H](CO)[C@@H](O)[C@H]2O)c1-c1cc2cc(OCC(C)C)nc(C)c2o1. The number of aromatic nitrogens is 3. The van der Waals surface area contributed by atoms with Crippen LogP contribution in [0, 0.1) is 25.7 Å². The van der Waals surface area contributed by atoms with Gasteiger partial charge in [0.2, 0.25) is 11.8 Å². The Hall–Kier alpha value is -3.16. The molecule has 0 aromatic carbocycles. The second-order valence-corrected chi connectivity index (χ2v) is 10.0. The van der Waals surface area contributed by atoms with E-state index in [1.807, 2.05) is 13.8 Å². The van der Waals surface area contributed by atoms with Gasteiger partial charge in [-0.15, -0.1) is 0 Å². The van der Waals surface area contributed by atoms with Gasteiger partial charge >= 0.3 is 6.18 Å². The molecule has 0 bridgehead atoms. The molecule has 0 amide bonds. The maximum atomic E-state index is 12.8. The van der Waals surface area contributed by atoms with Crippen molar-refractivity contribution in [3.05, 3.63) is 23.5 Å². The molecule has 208 valence electrons. The minimum atomic E-state index is -4.48. The van der Waals surface area contributed by atoms with Crippen LogP contribution in [0.25, 0.3) is 22.3 Å². The van der Waals surface area contributed by atoms with Gasteiger partial charge in [-0.05, 0) is 32.3 Å². The van der Waals surface area contributed by atoms with E-state index in [-0.39, 0.29) is 24.8 Å². The largest absolute Gasteiger partial charge is 0.477 e. The average molecular weight is 540 g/mol. The maximum absolute atomic E-state index is 12.8. The number of hydrogen-bond acceptors (Lipinski definition) is 10. The lowest BCUT2D eigenvalue weighted by Gasteiger charge is -2.21. The van der Waals surface area contributed by atoms with Crippen molar-refractivity contribution in [2.75, 3.05) is 30.4 Å². The summed E-state index contributed by atoms with van der Waals surface area (Å²) in [7, 11) is 0. The van der Waals surface area contributed by atoms with E-state index in [0.29, 0.717) is 52.1 Å². The molecule has 10 nitrogen and oxygen atoms in total. The summed E-state index contributed by atoms with van der Waals surface area (Å²) in [6.07, 6.45) is -6.67. The Labute approximate surface area is 217 Å². The summed E-state index contributed by atoms with van der Waals surface area (Å²) in [4.78, 5) is 12.9. The summed E-state index contributed by atoms with van der Waals surface area (Å²) < 4.78 is 50.3. The van der Waals surface area contributed by atoms with Crippen molar-refractivity contribution in [2.45, 2.75) is 58.5 Å². The molecular formula is C25H32F3N5O5. The second-order valence-electron chi connectivity index (χ2n) is 10.0. The lowest BCUT2D eigenvalue weighted by Crippen LogP contribution is -2.36. The fraction of sp³-hybridized carbons (Fsp3) is 0.560. The Bertz CT molecular complexity index is 1280. The maximum Gasteiger partial charge on any atom is 0.405 e. The number of ether oxygens (including phenoxy) is 1. The number of alkyl halides is 3. The van der Waals surface area contributed by atoms with Crippen molar-refractivity contribution in [1.82, 2.24) is 15.0 Å². The number of fused-ring (bicyclic) bond motifs is 1. The van der Waals surface area contributed by atoms with Crippen LogP contribution >= 0.6 is 0 Å². The molecule has 1 fully saturated rings. The number of halogens is 3. The van der Waals surface area contributed by atoms with Gasteiger partial charge in [0.25, 0.3) is 0 Å². The fourth-order valence-corrected chi connectivity index (χ4v) is 4.48. The van der Waals surface area contributed by atoms with E-state index in [9.17, 15) is 28.5 Å². The first kappa shape index (κ1) is 27.9. The summed E-state index contributed by atoms with van der Waals surface area (Å²) in [5, 5.41) is 36.2. The molecule has 0 radical (unpaired) electrons. The van der Waals surface area contributed by atoms with Crippen LogP contribution in [-0.2, 0) is 0 Å². The summed E-state index contributed by atoms with van der Waals surface area (Å²) >= 11 is 0. The van der Waals surface area contributed by atoms with Crippen LogP contribution in [0.1, 0.15) is 31.7 Å². The van der Waals surface area contributed by atoms with E-state index in [1.54, 1.807) is 26.0 Å². The summed E-state index contributed by atoms with van der Waals surface area (Å²) in [5.41, 5.74) is 1.78. The summed E-state index contributed by atoms with van der Waals surface area (Å²) in [6.45, 7) is 6.24. The van der Waals surface area contributed by atoms with Gasteiger partial charge in [0, 0.05) is 24.0 Å². The van der Waals surface area contributed by atoms with Gasteiger partial charge in [-0.3, -0.25) is 0 Å². The number of aliphatic hydroxyl groups is 3. The van der Waals surface area contributed by atoms with Crippen LogP contribution in [0.2, 0.25) is 0 Å². The quantitative estimate of drug-likeness (QED) is 0.274. The van der Waals surface area contributed by atoms with Crippen molar-refractivity contribution in [2.24, 2.45) is 11.8 Å². The number of aliphatic hydroxyl groups excluding tert-OH is 3. The van der Waals surface area contributed by atoms with Crippen LogP contribution in [0.3, 0.4) is 0 Å². The smallest absolute Gasteiger partial charge is 0.405 e. The van der Waals surface area contributed by atoms with E-state index in [1.165, 1.54) is 0 Å². The topological polar surface area (TPSA) is 146 Å². The molecule has 4 rings (SSSR count). The van der Waals surface area contributed by atoms with Gasteiger partial charge in [-0.1, -0.05) is 13.8 Å². The molecule has 13 heteroatoms. The minimum absolute atomic E-state index is 0.109. The van der Waals surface area contributed by atoms with Crippen LogP contribution in [0.5, 0.6) is 5.88 Å². The van der Waals surface area contributed by atoms with Crippen molar-refractivity contribution in [3.8, 4) is 17.2 Å². The average Bonchev–Trinajstić information content (AvgIpc) is 3.37. The molecule has 0 aliphatic heterocycles. The molecular weight excluding hydrogens is 507 g/mol. The van der Waals surface area contributed by atoms with Crippen LogP contribution in [0.4, 0.5) is 24.9 Å². The molecule has 3 aromatic rings. The zero-order valence-corrected chi connectivity index (χ0v) is 21.5. The van der Waals surface area contributed by atoms with Gasteiger partial charge in [0.05, 0.1) is 35.7 Å². The minimum Gasteiger partial charge on any atom is -0.477 e. The van der Waals surface area contributed by atoms with E-state index < -0.39 is 36.9 Å². The van der Waals surface area contributed by atoms with Crippen molar-refractivity contribution in [1.29, 1.82) is 0 Å². The van der Waals surface area contributed by atoms with Crippen molar-refractivity contribution < 1.29 is 37.6 Å². The number of pyridine rings is 1. The van der Waals surface area contributed by atoms with Crippen molar-refractivity contribution in [3.63, 3.8) is 0 Å². The normalized spacial score (nSPS) is 21.9. The Balaban J connectivity index is 1.75. The van der Waals surface area contributed by atoms with Crippen LogP contribution < -0.4 is 15.4 Å². The highest BCUT2D eigenvalue weighted by atomic mass is 19.4. The Morgan fingerprint density at radius 1 is 1.11 bits per heavy atom. The highest BCUT2D eigenvalue weighted by Crippen LogP contribution is 2.38. The van der Waals surface area contributed by atoms with E-state index >= 15 is 0 Å². The third-order valence-corrected chi connectivity index (χ3v) is 6.35. The number of rotatable bonds is 9. The number of anilines is 2. The van der Waals surface area contributed by atoms with Gasteiger partial charge in [-0.2, -0.15) is 18.2 Å². The third-order valence-electron chi connectivity index (χ3n) is 6.35. The molecule has 3 aromatic heterocycles. The zero-order valence-electron chi connectivity index (χ0n) is 21.5. The van der Waals surface area contributed by atoms with E-state index in [4.69, 9.17) is 9.15 Å². The molecule has 0 unspecified atom stereocenters. The van der Waals surface area contributed by atoms with E-state index in [0.717, 1.165) is 0 Å². The number of nitrogens with one attached hydrogen (secondary N) is 2. The highest BCUT2D eigenvalue weighted by molar-refractivity contribution is 5.88. The fourth-order valence-electron chi connectivity index (χ4n) is 4.48. The molecule has 0 spiro atoms. The van der Waals surface area contributed by atoms with Gasteiger partial charge in [-0.25, -0.2) is 9.97 Å². The molecule has 5 N–H and O–H groups in total. The van der Waals surface area contributed by atoms with Crippen LogP contribution in [-0.4, -0.2) is 74.5 Å². The monoisotopic (exact) mass is 539 g/mol. The van der Waals surface area contributed by atoms with Crippen molar-refractivity contribution >= 4 is 22.7 Å². The highest BCUT2D eigenvalue weighted by Gasteiger charge is 2.41. The molecule has 1 aliphatic rings. The lowest BCUT2D eigenvalue weighted by atomic mass is 10.1. The number of furan rings is 1. The predicted octanol–water partition coefficient (Wildman–Crippen LogP) is 3.43. The first-order valence-electron chi connectivity index (χ1n) is 12.3. The third kappa shape index (κ3) is 6.11. The first-order valence-corrected chi connectivity index (χ1v) is 12.3. The first-order chi connectivity index (χ1) is 17.9. The van der Waals surface area contributed by atoms with E-state index in [2.05, 4.69) is 25.6 Å². The molecule has 0 saturated heterocycles. The summed E-state index contributed by atoms with van der Waals surface area (Å²) in [5.74, 6) is 0.350. The molecule has 4 atom stereocenters. The van der Waals surface area contributed by atoms with Gasteiger partial charge in [0.1, 0.15) is 24.2 Å². The van der Waals surface area contributed by atoms with Gasteiger partial charge < -0.3 is 35.1 Å². The summed E-state index contributed by atoms with van der Waals surface area (Å²) in [6, 6.07) is 2.75. The molecule has 38 heavy (non-hydrogen) atoms. The standard InChI is InChI=1S/C25H32F3N5O5/c1-11(2)9-37-18-7-14-6-17(38-22(14)13(4)30-18)19-12(3)31-24(29-10-25(26,27)28)33-23(19)32-16-5-15(8-34)20(35)21(16)36/h6-7,11,15-16,20-21,34-36H,5,8-10H2,1-4H3,(H2,29,31,32,33)/t15-,16-,20-,21+/m1/s1. The Kier molecular flexibility index (Phi) is 8.00. The zero-order chi connectivity index (χ0) is 27.8. The van der Waals surface area contributed by atoms with Crippen LogP contribution in [0.15, 0.2) is 16.5 Å². The Morgan fingerprint density at radius 3 is 2.47 bits per heavy atom. The number of hydrogen-bond donors (Lipinski definition) is 5. The predicted molar refractivity (Wildman–Crippen MR) is 134 cm³/mol. The Morgan fingerprint density at radius 2 is 1.84 bits per heavy atom. The molecule has 1 aliphatic carbocycles. The second kappa shape index (κ2) is 10.9. The van der Waals surface area contributed by atoms with Gasteiger partial charge in [0.15, 0.2) is 5.58 Å². The molecule has 1 saturated carbocycles. The molecule has 3 heterocycles. The number of nitrogens with zero attached hydrogens (tertiary/aromatic N) is 3. The number of aryl methyl sites for hydroxylation is 2. The lowest BCUT2D eigenvalue weighted by molar-refractivity contribution is -0.115.